The quantitative estimate of drug-likeness (QED) is 0.463. The summed E-state index contributed by atoms with van der Waals surface area (Å²) in [4.78, 5) is 22.9. The number of nitrogens with one attached hydrogen (secondary N) is 1. The Kier molecular flexibility index (Phi) is 5.59. The number of hydrogen-bond acceptors (Lipinski definition) is 5. The molecule has 4 rings (SSSR count). The van der Waals surface area contributed by atoms with Gasteiger partial charge in [0.05, 0.1) is 20.8 Å². The predicted octanol–water partition coefficient (Wildman–Crippen LogP) is 3.27. The van der Waals surface area contributed by atoms with Gasteiger partial charge in [0.2, 0.25) is 11.9 Å². The van der Waals surface area contributed by atoms with Crippen molar-refractivity contribution in [2.24, 2.45) is 13.0 Å². The van der Waals surface area contributed by atoms with Gasteiger partial charge in [-0.05, 0) is 31.4 Å². The molecule has 1 fully saturated rings. The summed E-state index contributed by atoms with van der Waals surface area (Å²) in [7, 11) is 1.68. The van der Waals surface area contributed by atoms with Crippen molar-refractivity contribution in [3.05, 3.63) is 58.9 Å². The lowest BCUT2D eigenvalue weighted by Gasteiger charge is -2.31. The first-order chi connectivity index (χ1) is 16.5. The Hall–Kier alpha value is -3.50. The molecule has 0 atom stereocenters. The van der Waals surface area contributed by atoms with Crippen LogP contribution in [-0.2, 0) is 18.3 Å². The van der Waals surface area contributed by atoms with Crippen molar-refractivity contribution >= 4 is 11.9 Å². The molecule has 3 heterocycles. The molecule has 174 valence electrons. The molecule has 0 radical (unpaired) electrons. The van der Waals surface area contributed by atoms with Crippen molar-refractivity contribution in [2.75, 3.05) is 18.0 Å². The number of anilines is 1. The molecule has 1 aromatic carbocycles. The van der Waals surface area contributed by atoms with Gasteiger partial charge in [-0.15, -0.1) is 0 Å². The Morgan fingerprint density at radius 3 is 2.58 bits per heavy atom. The first-order valence-electron chi connectivity index (χ1n) is 11.2. The molecule has 7 nitrogen and oxygen atoms in total. The molecule has 11 heteroatoms. The zero-order valence-electron chi connectivity index (χ0n) is 19.9. The largest absolute Gasteiger partial charge is 0.352 e. The second-order valence-corrected chi connectivity index (χ2v) is 7.79. The number of hydrogen-bond donors (Lipinski definition) is 1. The lowest BCUT2D eigenvalue weighted by molar-refractivity contribution is -0.125. The van der Waals surface area contributed by atoms with E-state index in [-0.39, 0.29) is 24.5 Å². The van der Waals surface area contributed by atoms with Crippen LogP contribution in [-0.4, -0.2) is 38.7 Å². The normalized spacial score (nSPS) is 15.9. The Bertz CT molecular complexity index is 1260. The molecule has 1 amide bonds. The fourth-order valence-corrected chi connectivity index (χ4v) is 3.78. The lowest BCUT2D eigenvalue weighted by Crippen LogP contribution is -2.41. The summed E-state index contributed by atoms with van der Waals surface area (Å²) in [5, 5.41) is 6.16. The van der Waals surface area contributed by atoms with Gasteiger partial charge < -0.3 is 10.2 Å². The van der Waals surface area contributed by atoms with Crippen molar-refractivity contribution in [3.8, 4) is 11.4 Å². The first-order valence-corrected chi connectivity index (χ1v) is 10.2. The number of nitrogens with zero attached hydrogens (tertiary/aromatic N) is 5. The van der Waals surface area contributed by atoms with Gasteiger partial charge in [-0.2, -0.15) is 5.10 Å². The highest BCUT2D eigenvalue weighted by molar-refractivity contribution is 5.79. The van der Waals surface area contributed by atoms with Crippen LogP contribution in [0.5, 0.6) is 0 Å². The topological polar surface area (TPSA) is 75.9 Å². The molecule has 3 aromatic rings. The number of halogens is 4. The summed E-state index contributed by atoms with van der Waals surface area (Å²) in [6, 6.07) is 0.805. The van der Waals surface area contributed by atoms with Gasteiger partial charge in [-0.3, -0.25) is 9.48 Å². The Morgan fingerprint density at radius 1 is 1.18 bits per heavy atom. The molecule has 0 unspecified atom stereocenters. The van der Waals surface area contributed by atoms with Crippen molar-refractivity contribution in [1.29, 1.82) is 0 Å². The lowest BCUT2D eigenvalue weighted by atomic mass is 9.96. The van der Waals surface area contributed by atoms with Gasteiger partial charge in [0.25, 0.3) is 0 Å². The Labute approximate surface area is 190 Å². The highest BCUT2D eigenvalue weighted by Crippen LogP contribution is 2.27. The number of piperidine rings is 1. The third-order valence-electron chi connectivity index (χ3n) is 5.54. The van der Waals surface area contributed by atoms with Crippen LogP contribution in [0.15, 0.2) is 24.5 Å². The van der Waals surface area contributed by atoms with E-state index in [1.54, 1.807) is 25.1 Å². The number of aromatic nitrogens is 4. The Balaban J connectivity index is 1.45. The second kappa shape index (κ2) is 9.16. The minimum Gasteiger partial charge on any atom is -0.352 e. The third-order valence-corrected chi connectivity index (χ3v) is 5.54. The minimum atomic E-state index is -2.82. The minimum absolute atomic E-state index is 0.102. The number of benzene rings is 1. The van der Waals surface area contributed by atoms with E-state index in [2.05, 4.69) is 20.4 Å². The van der Waals surface area contributed by atoms with Crippen molar-refractivity contribution < 1.29 is 25.1 Å². The highest BCUT2D eigenvalue weighted by Gasteiger charge is 2.27. The van der Waals surface area contributed by atoms with E-state index >= 15 is 0 Å². The zero-order chi connectivity index (χ0) is 25.5. The number of aryl methyl sites for hydroxylation is 2. The molecule has 1 aliphatic rings. The number of rotatable bonds is 5. The number of carbonyl (C=O) groups excluding carboxylic acids is 1. The van der Waals surface area contributed by atoms with Crippen LogP contribution in [0.3, 0.4) is 0 Å². The van der Waals surface area contributed by atoms with Gasteiger partial charge in [0.1, 0.15) is 11.5 Å². The first kappa shape index (κ1) is 20.1. The molecule has 2 aromatic heterocycles. The molecule has 1 aliphatic heterocycles. The summed E-state index contributed by atoms with van der Waals surface area (Å²) in [5.41, 5.74) is 0.433. The van der Waals surface area contributed by atoms with Crippen molar-refractivity contribution in [3.63, 3.8) is 0 Å². The Morgan fingerprint density at radius 2 is 1.91 bits per heavy atom. The van der Waals surface area contributed by atoms with Crippen molar-refractivity contribution in [2.45, 2.75) is 26.3 Å². The molecule has 0 bridgehead atoms. The molecular weight excluding hydrogens is 440 g/mol. The summed E-state index contributed by atoms with van der Waals surface area (Å²) in [5.74, 6) is -5.96. The SMILES string of the molecule is [2H]C([2H])(NC(=O)C1CCN(c2ncc(F)c(-c3c(C)cnn3C)n2)CC1)c1cc(F)cc(F)c1F. The summed E-state index contributed by atoms with van der Waals surface area (Å²) < 4.78 is 72.9. The van der Waals surface area contributed by atoms with Gasteiger partial charge in [0.15, 0.2) is 17.5 Å². The van der Waals surface area contributed by atoms with Crippen molar-refractivity contribution in [1.82, 2.24) is 25.1 Å². The standard InChI is InChI=1S/C22H22F4N6O/c1-12-9-29-31(2)20(12)19-17(25)11-28-22(30-19)32-5-3-13(4-6-32)21(33)27-10-14-7-15(23)8-16(24)18(14)26/h7-9,11,13H,3-6,10H2,1-2H3,(H,27,33)/i10D2. The molecule has 0 spiro atoms. The number of carbonyl (C=O) groups is 1. The van der Waals surface area contributed by atoms with Gasteiger partial charge in [-0.1, -0.05) is 0 Å². The smallest absolute Gasteiger partial charge is 0.226 e. The molecular formula is C22H22F4N6O. The van der Waals surface area contributed by atoms with E-state index < -0.39 is 47.2 Å². The van der Waals surface area contributed by atoms with Gasteiger partial charge in [0, 0.05) is 44.2 Å². The molecule has 0 saturated carbocycles. The van der Waals surface area contributed by atoms with E-state index in [0.717, 1.165) is 11.8 Å². The monoisotopic (exact) mass is 464 g/mol. The fraction of sp³-hybridized carbons (Fsp3) is 0.364. The average molecular weight is 464 g/mol. The molecule has 1 saturated heterocycles. The second-order valence-electron chi connectivity index (χ2n) is 7.79. The molecule has 33 heavy (non-hydrogen) atoms. The van der Waals surface area contributed by atoms with Gasteiger partial charge >= 0.3 is 0 Å². The van der Waals surface area contributed by atoms with E-state index in [9.17, 15) is 22.4 Å². The van der Waals surface area contributed by atoms with Crippen LogP contribution in [0.1, 0.15) is 26.7 Å². The predicted molar refractivity (Wildman–Crippen MR) is 112 cm³/mol. The summed E-state index contributed by atoms with van der Waals surface area (Å²) in [6.45, 7) is -0.396. The van der Waals surface area contributed by atoms with Crippen LogP contribution in [0.2, 0.25) is 0 Å². The number of amides is 1. The van der Waals surface area contributed by atoms with Crippen LogP contribution in [0, 0.1) is 36.1 Å². The maximum absolute atomic E-state index is 14.5. The highest BCUT2D eigenvalue weighted by atomic mass is 19.2. The van der Waals surface area contributed by atoms with Crippen LogP contribution in [0.25, 0.3) is 11.4 Å². The van der Waals surface area contributed by atoms with E-state index in [1.165, 1.54) is 4.68 Å². The van der Waals surface area contributed by atoms with E-state index in [4.69, 9.17) is 2.74 Å². The third kappa shape index (κ3) is 4.67. The summed E-state index contributed by atoms with van der Waals surface area (Å²) >= 11 is 0. The van der Waals surface area contributed by atoms with E-state index in [0.29, 0.717) is 30.9 Å². The van der Waals surface area contributed by atoms with E-state index in [1.807, 2.05) is 0 Å². The van der Waals surface area contributed by atoms with Crippen LogP contribution >= 0.6 is 0 Å². The molecule has 0 aliphatic carbocycles. The fourth-order valence-electron chi connectivity index (χ4n) is 3.78. The zero-order valence-corrected chi connectivity index (χ0v) is 17.9. The maximum Gasteiger partial charge on any atom is 0.226 e. The maximum atomic E-state index is 14.5. The molecule has 1 N–H and O–H groups in total. The van der Waals surface area contributed by atoms with Crippen LogP contribution in [0.4, 0.5) is 23.5 Å². The van der Waals surface area contributed by atoms with Gasteiger partial charge in [-0.25, -0.2) is 27.5 Å². The van der Waals surface area contributed by atoms with Crippen LogP contribution < -0.4 is 10.2 Å². The summed E-state index contributed by atoms with van der Waals surface area (Å²) in [6.07, 6.45) is 3.24. The average Bonchev–Trinajstić information content (AvgIpc) is 3.14.